The average Bonchev–Trinajstić information content (AvgIpc) is 2.57. The molecule has 6 nitrogen and oxygen atoms in total. The summed E-state index contributed by atoms with van der Waals surface area (Å²) in [5.41, 5.74) is 3.04. The van der Waals surface area contributed by atoms with E-state index in [0.717, 1.165) is 25.1 Å². The number of fused-ring (bicyclic) bond motifs is 2. The lowest BCUT2D eigenvalue weighted by molar-refractivity contribution is 0.182. The van der Waals surface area contributed by atoms with Crippen molar-refractivity contribution in [2.24, 2.45) is 0 Å². The molecule has 1 aliphatic heterocycles. The summed E-state index contributed by atoms with van der Waals surface area (Å²) < 4.78 is 0.499. The molecule has 23 heavy (non-hydrogen) atoms. The predicted molar refractivity (Wildman–Crippen MR) is 87.5 cm³/mol. The number of benzene rings is 1. The lowest BCUT2D eigenvalue weighted by Crippen LogP contribution is -2.30. The minimum Gasteiger partial charge on any atom is -0.422 e. The van der Waals surface area contributed by atoms with E-state index in [1.807, 2.05) is 11.0 Å². The van der Waals surface area contributed by atoms with E-state index in [2.05, 4.69) is 35.1 Å². The maximum Gasteiger partial charge on any atom is 0.384 e. The molecule has 0 saturated heterocycles. The fraction of sp³-hybridized carbons (Fsp3) is 0.235. The van der Waals surface area contributed by atoms with Crippen molar-refractivity contribution in [1.29, 1.82) is 0 Å². The van der Waals surface area contributed by atoms with E-state index in [9.17, 15) is 10.0 Å². The summed E-state index contributed by atoms with van der Waals surface area (Å²) in [4.78, 5) is 22.2. The van der Waals surface area contributed by atoms with Crippen molar-refractivity contribution >= 4 is 22.5 Å². The summed E-state index contributed by atoms with van der Waals surface area (Å²) in [5, 5.41) is 10.5. The lowest BCUT2D eigenvalue weighted by atomic mass is 9.99. The van der Waals surface area contributed by atoms with E-state index in [1.54, 1.807) is 12.3 Å². The normalized spacial score (nSPS) is 14.0. The van der Waals surface area contributed by atoms with Crippen LogP contribution in [0.25, 0.3) is 11.0 Å². The Bertz CT molecular complexity index is 964. The van der Waals surface area contributed by atoms with Gasteiger partial charge in [0.1, 0.15) is 5.82 Å². The molecule has 0 amide bonds. The maximum atomic E-state index is 12.0. The molecule has 0 atom stereocenters. The monoisotopic (exact) mass is 308 g/mol. The smallest absolute Gasteiger partial charge is 0.384 e. The third kappa shape index (κ3) is 2.14. The van der Waals surface area contributed by atoms with Gasteiger partial charge in [-0.2, -0.15) is 4.98 Å². The molecule has 1 aliphatic rings. The topological polar surface area (TPSA) is 71.2 Å². The second-order valence-electron chi connectivity index (χ2n) is 5.79. The number of hydrogen-bond acceptors (Lipinski definition) is 5. The van der Waals surface area contributed by atoms with Crippen molar-refractivity contribution in [2.75, 3.05) is 11.4 Å². The maximum absolute atomic E-state index is 12.0. The molecule has 4 rings (SSSR count). The van der Waals surface area contributed by atoms with Gasteiger partial charge in [-0.1, -0.05) is 17.7 Å². The van der Waals surface area contributed by atoms with Gasteiger partial charge in [0.15, 0.2) is 5.65 Å². The summed E-state index contributed by atoms with van der Waals surface area (Å²) in [7, 11) is 0. The summed E-state index contributed by atoms with van der Waals surface area (Å²) in [6, 6.07) is 9.90. The largest absolute Gasteiger partial charge is 0.422 e. The SMILES string of the molecule is Cc1ccc2c(c1)CCCN2c1nc(=O)n(O)c2ncccc12. The average molecular weight is 308 g/mol. The Labute approximate surface area is 132 Å². The minimum absolute atomic E-state index is 0.224. The molecule has 0 saturated carbocycles. The Hall–Kier alpha value is -2.89. The summed E-state index contributed by atoms with van der Waals surface area (Å²) in [5.74, 6) is 0.549. The standard InChI is InChI=1S/C17H16N4O2/c1-11-6-7-14-12(10-11)4-3-9-20(14)16-13-5-2-8-18-15(13)21(23)17(22)19-16/h2,5-8,10,23H,3-4,9H2,1H3. The number of aromatic nitrogens is 3. The Balaban J connectivity index is 1.98. The van der Waals surface area contributed by atoms with E-state index in [-0.39, 0.29) is 5.65 Å². The third-order valence-electron chi connectivity index (χ3n) is 4.22. The molecular weight excluding hydrogens is 292 g/mol. The van der Waals surface area contributed by atoms with Crippen LogP contribution >= 0.6 is 0 Å². The van der Waals surface area contributed by atoms with E-state index < -0.39 is 5.69 Å². The second-order valence-corrected chi connectivity index (χ2v) is 5.79. The van der Waals surface area contributed by atoms with Gasteiger partial charge in [-0.25, -0.2) is 9.78 Å². The van der Waals surface area contributed by atoms with E-state index >= 15 is 0 Å². The highest BCUT2D eigenvalue weighted by Crippen LogP contribution is 2.35. The quantitative estimate of drug-likeness (QED) is 0.699. The Morgan fingerprint density at radius 2 is 2.13 bits per heavy atom. The number of hydrogen-bond donors (Lipinski definition) is 1. The highest BCUT2D eigenvalue weighted by Gasteiger charge is 2.23. The van der Waals surface area contributed by atoms with Crippen molar-refractivity contribution in [3.05, 3.63) is 58.1 Å². The fourth-order valence-corrected chi connectivity index (χ4v) is 3.18. The van der Waals surface area contributed by atoms with Crippen molar-refractivity contribution in [3.63, 3.8) is 0 Å². The summed E-state index contributed by atoms with van der Waals surface area (Å²) in [6.45, 7) is 2.85. The summed E-state index contributed by atoms with van der Waals surface area (Å²) in [6.07, 6.45) is 3.55. The molecule has 0 bridgehead atoms. The van der Waals surface area contributed by atoms with Gasteiger partial charge >= 0.3 is 5.69 Å². The van der Waals surface area contributed by atoms with Crippen LogP contribution < -0.4 is 10.6 Å². The van der Waals surface area contributed by atoms with Crippen LogP contribution in [0.3, 0.4) is 0 Å². The number of aryl methyl sites for hydroxylation is 2. The van der Waals surface area contributed by atoms with Crippen LogP contribution in [-0.2, 0) is 6.42 Å². The van der Waals surface area contributed by atoms with E-state index in [0.29, 0.717) is 15.9 Å². The van der Waals surface area contributed by atoms with Gasteiger partial charge in [-0.15, -0.1) is 4.73 Å². The molecule has 3 heterocycles. The molecular formula is C17H16N4O2. The predicted octanol–water partition coefficient (Wildman–Crippen LogP) is 2.42. The zero-order chi connectivity index (χ0) is 16.0. The first-order chi connectivity index (χ1) is 11.1. The molecule has 2 aromatic heterocycles. The van der Waals surface area contributed by atoms with Crippen LogP contribution in [0.2, 0.25) is 0 Å². The molecule has 0 aliphatic carbocycles. The molecule has 0 fully saturated rings. The zero-order valence-corrected chi connectivity index (χ0v) is 12.7. The first-order valence-corrected chi connectivity index (χ1v) is 7.59. The molecule has 3 aromatic rings. The first kappa shape index (κ1) is 13.8. The van der Waals surface area contributed by atoms with Gasteiger partial charge < -0.3 is 10.1 Å². The Morgan fingerprint density at radius 3 is 3.00 bits per heavy atom. The third-order valence-corrected chi connectivity index (χ3v) is 4.22. The van der Waals surface area contributed by atoms with Crippen LogP contribution in [0, 0.1) is 6.92 Å². The molecule has 0 spiro atoms. The molecule has 6 heteroatoms. The van der Waals surface area contributed by atoms with Gasteiger partial charge in [0.25, 0.3) is 0 Å². The lowest BCUT2D eigenvalue weighted by Gasteiger charge is -2.31. The first-order valence-electron chi connectivity index (χ1n) is 7.59. The van der Waals surface area contributed by atoms with E-state index in [4.69, 9.17) is 0 Å². The Kier molecular flexibility index (Phi) is 3.04. The van der Waals surface area contributed by atoms with Crippen LogP contribution in [-0.4, -0.2) is 26.5 Å². The van der Waals surface area contributed by atoms with Crippen molar-refractivity contribution in [1.82, 2.24) is 14.7 Å². The number of pyridine rings is 1. The van der Waals surface area contributed by atoms with Gasteiger partial charge in [-0.3, -0.25) is 0 Å². The highest BCUT2D eigenvalue weighted by atomic mass is 16.5. The Morgan fingerprint density at radius 1 is 1.26 bits per heavy atom. The minimum atomic E-state index is -0.717. The van der Waals surface area contributed by atoms with Crippen LogP contribution in [0.15, 0.2) is 41.3 Å². The molecule has 116 valence electrons. The second kappa shape index (κ2) is 5.08. The molecule has 1 aromatic carbocycles. The number of rotatable bonds is 1. The highest BCUT2D eigenvalue weighted by molar-refractivity contribution is 5.89. The molecule has 1 N–H and O–H groups in total. The van der Waals surface area contributed by atoms with E-state index in [1.165, 1.54) is 11.1 Å². The molecule has 0 radical (unpaired) electrons. The van der Waals surface area contributed by atoms with Crippen molar-refractivity contribution in [3.8, 4) is 0 Å². The number of nitrogens with zero attached hydrogens (tertiary/aromatic N) is 4. The van der Waals surface area contributed by atoms with Gasteiger partial charge in [0.05, 0.1) is 5.39 Å². The van der Waals surface area contributed by atoms with Gasteiger partial charge in [-0.05, 0) is 43.5 Å². The summed E-state index contributed by atoms with van der Waals surface area (Å²) >= 11 is 0. The van der Waals surface area contributed by atoms with Gasteiger partial charge in [0.2, 0.25) is 0 Å². The van der Waals surface area contributed by atoms with Crippen molar-refractivity contribution in [2.45, 2.75) is 19.8 Å². The fourth-order valence-electron chi connectivity index (χ4n) is 3.18. The van der Waals surface area contributed by atoms with Crippen LogP contribution in [0.1, 0.15) is 17.5 Å². The number of anilines is 2. The van der Waals surface area contributed by atoms with Crippen molar-refractivity contribution < 1.29 is 5.21 Å². The molecule has 0 unspecified atom stereocenters. The zero-order valence-electron chi connectivity index (χ0n) is 12.7. The van der Waals surface area contributed by atoms with Gasteiger partial charge in [0, 0.05) is 18.4 Å². The van der Waals surface area contributed by atoms with Crippen LogP contribution in [0.4, 0.5) is 11.5 Å². The van der Waals surface area contributed by atoms with Crippen LogP contribution in [0.5, 0.6) is 0 Å².